The second-order valence-corrected chi connectivity index (χ2v) is 5.74. The van der Waals surface area contributed by atoms with Crippen LogP contribution in [0.1, 0.15) is 32.8 Å². The van der Waals surface area contributed by atoms with Gasteiger partial charge in [0.2, 0.25) is 5.91 Å². The minimum absolute atomic E-state index is 0.0796. The maximum Gasteiger partial charge on any atom is 0.416 e. The summed E-state index contributed by atoms with van der Waals surface area (Å²) in [7, 11) is 0. The number of halogens is 4. The third-order valence-corrected chi connectivity index (χ3v) is 3.42. The molecule has 0 spiro atoms. The fourth-order valence-corrected chi connectivity index (χ4v) is 1.71. The molecule has 0 aliphatic heterocycles. The number of carbonyl (C=O) groups is 1. The van der Waals surface area contributed by atoms with Crippen molar-refractivity contribution in [2.75, 3.05) is 11.9 Å². The first kappa shape index (κ1) is 17.6. The Balaban J connectivity index is 2.73. The Morgan fingerprint density at radius 1 is 1.29 bits per heavy atom. The molecule has 0 aliphatic rings. The molecule has 1 aromatic carbocycles. The van der Waals surface area contributed by atoms with E-state index in [0.29, 0.717) is 0 Å². The first-order chi connectivity index (χ1) is 9.55. The van der Waals surface area contributed by atoms with E-state index in [-0.39, 0.29) is 28.7 Å². The van der Waals surface area contributed by atoms with Crippen molar-refractivity contribution in [1.82, 2.24) is 5.32 Å². The summed E-state index contributed by atoms with van der Waals surface area (Å²) in [5.74, 6) is -0.310. The zero-order valence-corrected chi connectivity index (χ0v) is 12.8. The second kappa shape index (κ2) is 6.56. The molecular weight excluding hydrogens is 305 g/mol. The van der Waals surface area contributed by atoms with E-state index in [1.807, 2.05) is 20.8 Å². The Morgan fingerprint density at radius 3 is 2.43 bits per heavy atom. The van der Waals surface area contributed by atoms with Crippen molar-refractivity contribution in [3.63, 3.8) is 0 Å². The van der Waals surface area contributed by atoms with Gasteiger partial charge in [-0.25, -0.2) is 0 Å². The van der Waals surface area contributed by atoms with E-state index >= 15 is 0 Å². The highest BCUT2D eigenvalue weighted by Crippen LogP contribution is 2.33. The summed E-state index contributed by atoms with van der Waals surface area (Å²) in [5, 5.41) is 5.53. The minimum Gasteiger partial charge on any atom is -0.375 e. The molecule has 1 amide bonds. The molecule has 0 aliphatic carbocycles. The Kier molecular flexibility index (Phi) is 5.50. The van der Waals surface area contributed by atoms with Crippen molar-refractivity contribution in [3.05, 3.63) is 28.8 Å². The van der Waals surface area contributed by atoms with Gasteiger partial charge in [0, 0.05) is 5.54 Å². The van der Waals surface area contributed by atoms with Crippen LogP contribution >= 0.6 is 11.6 Å². The molecule has 1 rings (SSSR count). The fourth-order valence-electron chi connectivity index (χ4n) is 1.52. The first-order valence-electron chi connectivity index (χ1n) is 6.47. The highest BCUT2D eigenvalue weighted by atomic mass is 35.5. The molecule has 1 aromatic rings. The average Bonchev–Trinajstić information content (AvgIpc) is 2.36. The molecule has 0 radical (unpaired) electrons. The van der Waals surface area contributed by atoms with Crippen LogP contribution < -0.4 is 10.6 Å². The maximum absolute atomic E-state index is 12.6. The lowest BCUT2D eigenvalue weighted by molar-refractivity contribution is -0.137. The molecule has 118 valence electrons. The smallest absolute Gasteiger partial charge is 0.375 e. The van der Waals surface area contributed by atoms with Gasteiger partial charge in [-0.05, 0) is 38.5 Å². The topological polar surface area (TPSA) is 41.1 Å². The summed E-state index contributed by atoms with van der Waals surface area (Å²) in [4.78, 5) is 11.7. The van der Waals surface area contributed by atoms with Crippen molar-refractivity contribution in [2.24, 2.45) is 0 Å². The van der Waals surface area contributed by atoms with Crippen molar-refractivity contribution < 1.29 is 18.0 Å². The Morgan fingerprint density at radius 2 is 1.90 bits per heavy atom. The van der Waals surface area contributed by atoms with Gasteiger partial charge in [0.1, 0.15) is 0 Å². The third kappa shape index (κ3) is 5.46. The Bertz CT molecular complexity index is 515. The molecule has 21 heavy (non-hydrogen) atoms. The van der Waals surface area contributed by atoms with Crippen LogP contribution in [-0.4, -0.2) is 18.0 Å². The van der Waals surface area contributed by atoms with Crippen LogP contribution in [-0.2, 0) is 11.0 Å². The van der Waals surface area contributed by atoms with Crippen LogP contribution in [0.5, 0.6) is 0 Å². The zero-order chi connectivity index (χ0) is 16.3. The van der Waals surface area contributed by atoms with Crippen LogP contribution in [0.4, 0.5) is 18.9 Å². The summed E-state index contributed by atoms with van der Waals surface area (Å²) in [6, 6.07) is 2.94. The van der Waals surface area contributed by atoms with Gasteiger partial charge in [0.15, 0.2) is 0 Å². The lowest BCUT2D eigenvalue weighted by Gasteiger charge is -2.24. The lowest BCUT2D eigenvalue weighted by atomic mass is 10.0. The molecule has 0 saturated heterocycles. The van der Waals surface area contributed by atoms with Crippen LogP contribution in [0.25, 0.3) is 0 Å². The van der Waals surface area contributed by atoms with E-state index in [1.165, 1.54) is 0 Å². The van der Waals surface area contributed by atoms with Crippen molar-refractivity contribution in [3.8, 4) is 0 Å². The van der Waals surface area contributed by atoms with Gasteiger partial charge in [0.25, 0.3) is 0 Å². The summed E-state index contributed by atoms with van der Waals surface area (Å²) >= 11 is 5.83. The second-order valence-electron chi connectivity index (χ2n) is 5.33. The molecular formula is C14H18ClF3N2O. The molecule has 3 nitrogen and oxygen atoms in total. The van der Waals surface area contributed by atoms with Crippen LogP contribution in [0.15, 0.2) is 18.2 Å². The van der Waals surface area contributed by atoms with Gasteiger partial charge < -0.3 is 10.6 Å². The predicted octanol–water partition coefficient (Wildman–Crippen LogP) is 4.08. The van der Waals surface area contributed by atoms with Gasteiger partial charge in [-0.1, -0.05) is 18.5 Å². The number of hydrogen-bond acceptors (Lipinski definition) is 2. The van der Waals surface area contributed by atoms with E-state index in [0.717, 1.165) is 24.6 Å². The number of nitrogens with one attached hydrogen (secondary N) is 2. The van der Waals surface area contributed by atoms with Gasteiger partial charge in [-0.2, -0.15) is 13.2 Å². The number of rotatable bonds is 5. The molecule has 0 saturated carbocycles. The largest absolute Gasteiger partial charge is 0.416 e. The lowest BCUT2D eigenvalue weighted by Crippen LogP contribution is -2.45. The standard InChI is InChI=1S/C14H18ClF3N2O/c1-4-13(2,3)20-12(21)8-19-11-7-9(14(16,17)18)5-6-10(11)15/h5-7,19H,4,8H2,1-3H3,(H,20,21). The SMILES string of the molecule is CCC(C)(C)NC(=O)CNc1cc(C(F)(F)F)ccc1Cl. The minimum atomic E-state index is -4.45. The quantitative estimate of drug-likeness (QED) is 0.857. The summed E-state index contributed by atoms with van der Waals surface area (Å²) in [6.07, 6.45) is -3.71. The Hall–Kier alpha value is -1.43. The van der Waals surface area contributed by atoms with Gasteiger partial charge in [0.05, 0.1) is 22.8 Å². The number of amides is 1. The van der Waals surface area contributed by atoms with Gasteiger partial charge >= 0.3 is 6.18 Å². The normalized spacial score (nSPS) is 12.1. The highest BCUT2D eigenvalue weighted by Gasteiger charge is 2.31. The maximum atomic E-state index is 12.6. The number of benzene rings is 1. The van der Waals surface area contributed by atoms with Crippen LogP contribution in [0.2, 0.25) is 5.02 Å². The van der Waals surface area contributed by atoms with E-state index in [2.05, 4.69) is 10.6 Å². The van der Waals surface area contributed by atoms with E-state index in [9.17, 15) is 18.0 Å². The summed E-state index contributed by atoms with van der Waals surface area (Å²) in [6.45, 7) is 5.51. The number of alkyl halides is 3. The van der Waals surface area contributed by atoms with E-state index in [4.69, 9.17) is 11.6 Å². The monoisotopic (exact) mass is 322 g/mol. The molecule has 0 aromatic heterocycles. The summed E-state index contributed by atoms with van der Waals surface area (Å²) in [5.41, 5.74) is -1.10. The molecule has 0 fully saturated rings. The first-order valence-corrected chi connectivity index (χ1v) is 6.84. The van der Waals surface area contributed by atoms with Gasteiger partial charge in [-0.15, -0.1) is 0 Å². The molecule has 0 bridgehead atoms. The van der Waals surface area contributed by atoms with Crippen molar-refractivity contribution in [2.45, 2.75) is 38.9 Å². The van der Waals surface area contributed by atoms with Crippen molar-refractivity contribution >= 4 is 23.2 Å². The van der Waals surface area contributed by atoms with Gasteiger partial charge in [-0.3, -0.25) is 4.79 Å². The molecule has 0 unspecified atom stereocenters. The molecule has 2 N–H and O–H groups in total. The van der Waals surface area contributed by atoms with Crippen LogP contribution in [0, 0.1) is 0 Å². The number of hydrogen-bond donors (Lipinski definition) is 2. The summed E-state index contributed by atoms with van der Waals surface area (Å²) < 4.78 is 37.8. The van der Waals surface area contributed by atoms with E-state index in [1.54, 1.807) is 0 Å². The Labute approximate surface area is 126 Å². The molecule has 0 heterocycles. The number of anilines is 1. The highest BCUT2D eigenvalue weighted by molar-refractivity contribution is 6.33. The molecule has 0 atom stereocenters. The van der Waals surface area contributed by atoms with Crippen LogP contribution in [0.3, 0.4) is 0 Å². The predicted molar refractivity (Wildman–Crippen MR) is 77.5 cm³/mol. The molecule has 7 heteroatoms. The van der Waals surface area contributed by atoms with Crippen molar-refractivity contribution in [1.29, 1.82) is 0 Å². The van der Waals surface area contributed by atoms with E-state index < -0.39 is 11.7 Å². The average molecular weight is 323 g/mol. The fraction of sp³-hybridized carbons (Fsp3) is 0.500. The number of carbonyl (C=O) groups excluding carboxylic acids is 1. The third-order valence-electron chi connectivity index (χ3n) is 3.09. The zero-order valence-electron chi connectivity index (χ0n) is 12.1.